The molecule has 3 N–H and O–H groups in total. The van der Waals surface area contributed by atoms with Crippen LogP contribution in [0.1, 0.15) is 30.4 Å². The van der Waals surface area contributed by atoms with Gasteiger partial charge in [-0.3, -0.25) is 4.98 Å². The number of aromatic nitrogens is 1. The number of hydrogen-bond acceptors (Lipinski definition) is 3. The van der Waals surface area contributed by atoms with E-state index in [1.165, 1.54) is 0 Å². The third-order valence-corrected chi connectivity index (χ3v) is 3.83. The lowest BCUT2D eigenvalue weighted by Crippen LogP contribution is -2.39. The van der Waals surface area contributed by atoms with Crippen molar-refractivity contribution in [3.05, 3.63) is 66.0 Å². The molecule has 0 aliphatic carbocycles. The fraction of sp³-hybridized carbons (Fsp3) is 0.368. The summed E-state index contributed by atoms with van der Waals surface area (Å²) in [6, 6.07) is 13.6. The Morgan fingerprint density at radius 3 is 2.62 bits per heavy atom. The summed E-state index contributed by atoms with van der Waals surface area (Å²) in [5.41, 5.74) is 2.21. The molecule has 2 unspecified atom stereocenters. The molecule has 5 heteroatoms. The summed E-state index contributed by atoms with van der Waals surface area (Å²) < 4.78 is 0. The van der Waals surface area contributed by atoms with Crippen molar-refractivity contribution >= 4 is 6.03 Å². The number of carbonyl (C=O) groups is 1. The highest BCUT2D eigenvalue weighted by Crippen LogP contribution is 2.20. The van der Waals surface area contributed by atoms with Gasteiger partial charge in [0, 0.05) is 31.4 Å². The molecule has 1 heterocycles. The zero-order valence-electron chi connectivity index (χ0n) is 14.0. The zero-order chi connectivity index (χ0) is 17.2. The molecule has 0 aliphatic rings. The van der Waals surface area contributed by atoms with Crippen LogP contribution in [0.25, 0.3) is 0 Å². The molecule has 2 aromatic rings. The van der Waals surface area contributed by atoms with Crippen molar-refractivity contribution in [2.75, 3.05) is 13.1 Å². The molecule has 0 bridgehead atoms. The van der Waals surface area contributed by atoms with E-state index in [1.807, 2.05) is 42.5 Å². The minimum Gasteiger partial charge on any atom is -0.393 e. The molecule has 0 saturated heterocycles. The first kappa shape index (κ1) is 17.9. The normalized spacial score (nSPS) is 13.1. The Balaban J connectivity index is 1.77. The third kappa shape index (κ3) is 6.38. The van der Waals surface area contributed by atoms with Crippen LogP contribution >= 0.6 is 0 Å². The van der Waals surface area contributed by atoms with Crippen molar-refractivity contribution in [2.24, 2.45) is 0 Å². The number of benzene rings is 1. The molecule has 0 fully saturated rings. The first-order chi connectivity index (χ1) is 11.6. The quantitative estimate of drug-likeness (QED) is 0.697. The van der Waals surface area contributed by atoms with Crippen molar-refractivity contribution in [3.8, 4) is 0 Å². The average molecular weight is 327 g/mol. The molecule has 0 spiro atoms. The number of rotatable bonds is 8. The zero-order valence-corrected chi connectivity index (χ0v) is 14.0. The topological polar surface area (TPSA) is 74.2 Å². The Morgan fingerprint density at radius 2 is 1.96 bits per heavy atom. The molecular formula is C19H25N3O2. The summed E-state index contributed by atoms with van der Waals surface area (Å²) in [7, 11) is 0. The number of amides is 2. The Labute approximate surface area is 143 Å². The molecule has 0 aliphatic heterocycles. The van der Waals surface area contributed by atoms with E-state index in [9.17, 15) is 9.90 Å². The van der Waals surface area contributed by atoms with Crippen LogP contribution in [0.3, 0.4) is 0 Å². The first-order valence-electron chi connectivity index (χ1n) is 8.28. The number of nitrogens with one attached hydrogen (secondary N) is 2. The molecule has 0 saturated carbocycles. The van der Waals surface area contributed by atoms with Crippen molar-refractivity contribution in [1.82, 2.24) is 15.6 Å². The Bertz CT molecular complexity index is 603. The van der Waals surface area contributed by atoms with Crippen LogP contribution in [-0.4, -0.2) is 35.3 Å². The van der Waals surface area contributed by atoms with E-state index in [-0.39, 0.29) is 11.9 Å². The molecule has 2 rings (SSSR count). The molecule has 1 aromatic heterocycles. The average Bonchev–Trinajstić information content (AvgIpc) is 2.60. The van der Waals surface area contributed by atoms with Crippen LogP contribution in [0.15, 0.2) is 54.9 Å². The Hall–Kier alpha value is -2.40. The highest BCUT2D eigenvalue weighted by molar-refractivity contribution is 5.73. The molecule has 24 heavy (non-hydrogen) atoms. The Morgan fingerprint density at radius 1 is 1.17 bits per heavy atom. The first-order valence-corrected chi connectivity index (χ1v) is 8.28. The van der Waals surface area contributed by atoms with E-state index >= 15 is 0 Å². The predicted molar refractivity (Wildman–Crippen MR) is 94.8 cm³/mol. The summed E-state index contributed by atoms with van der Waals surface area (Å²) in [5, 5.41) is 15.4. The van der Waals surface area contributed by atoms with Crippen LogP contribution in [-0.2, 0) is 6.42 Å². The van der Waals surface area contributed by atoms with Gasteiger partial charge in [-0.2, -0.15) is 0 Å². The van der Waals surface area contributed by atoms with Gasteiger partial charge in [-0.1, -0.05) is 36.4 Å². The van der Waals surface area contributed by atoms with E-state index in [0.717, 1.165) is 17.5 Å². The predicted octanol–water partition coefficient (Wildman–Crippen LogP) is 2.48. The third-order valence-electron chi connectivity index (χ3n) is 3.83. The minimum absolute atomic E-state index is 0.0928. The second-order valence-electron chi connectivity index (χ2n) is 5.94. The summed E-state index contributed by atoms with van der Waals surface area (Å²) in [5.74, 6) is 0.0928. The summed E-state index contributed by atoms with van der Waals surface area (Å²) in [4.78, 5) is 16.0. The van der Waals surface area contributed by atoms with Crippen molar-refractivity contribution in [3.63, 3.8) is 0 Å². The standard InChI is InChI=1S/C19H25N3O2/c1-15(23)12-18(17-7-3-2-4-8-17)14-22-19(24)21-11-9-16-6-5-10-20-13-16/h2-8,10,13,15,18,23H,9,11-12,14H2,1H3,(H2,21,22,24). The van der Waals surface area contributed by atoms with Gasteiger partial charge in [0.2, 0.25) is 0 Å². The second-order valence-corrected chi connectivity index (χ2v) is 5.94. The largest absolute Gasteiger partial charge is 0.393 e. The van der Waals surface area contributed by atoms with E-state index in [1.54, 1.807) is 19.3 Å². The van der Waals surface area contributed by atoms with E-state index in [4.69, 9.17) is 0 Å². The maximum absolute atomic E-state index is 12.0. The second kappa shape index (κ2) is 9.67. The van der Waals surface area contributed by atoms with Crippen LogP contribution in [0.5, 0.6) is 0 Å². The minimum atomic E-state index is -0.411. The van der Waals surface area contributed by atoms with Gasteiger partial charge in [0.05, 0.1) is 6.10 Å². The van der Waals surface area contributed by atoms with Gasteiger partial charge < -0.3 is 15.7 Å². The number of carbonyl (C=O) groups excluding carboxylic acids is 1. The lowest BCUT2D eigenvalue weighted by Gasteiger charge is -2.20. The Kier molecular flexibility index (Phi) is 7.23. The molecular weight excluding hydrogens is 302 g/mol. The lowest BCUT2D eigenvalue weighted by atomic mass is 9.93. The van der Waals surface area contributed by atoms with E-state index in [2.05, 4.69) is 15.6 Å². The van der Waals surface area contributed by atoms with Crippen LogP contribution in [0.2, 0.25) is 0 Å². The van der Waals surface area contributed by atoms with Crippen LogP contribution in [0, 0.1) is 0 Å². The maximum atomic E-state index is 12.0. The SMILES string of the molecule is CC(O)CC(CNC(=O)NCCc1cccnc1)c1ccccc1. The number of pyridine rings is 1. The number of urea groups is 1. The van der Waals surface area contributed by atoms with E-state index < -0.39 is 6.10 Å². The smallest absolute Gasteiger partial charge is 0.314 e. The lowest BCUT2D eigenvalue weighted by molar-refractivity contribution is 0.173. The summed E-state index contributed by atoms with van der Waals surface area (Å²) in [6.07, 6.45) is 4.48. The summed E-state index contributed by atoms with van der Waals surface area (Å²) in [6.45, 7) is 2.82. The van der Waals surface area contributed by atoms with Gasteiger partial charge in [0.25, 0.3) is 0 Å². The highest BCUT2D eigenvalue weighted by atomic mass is 16.3. The van der Waals surface area contributed by atoms with Crippen LogP contribution in [0.4, 0.5) is 4.79 Å². The van der Waals surface area contributed by atoms with E-state index in [0.29, 0.717) is 19.5 Å². The van der Waals surface area contributed by atoms with Gasteiger partial charge >= 0.3 is 6.03 Å². The van der Waals surface area contributed by atoms with Crippen molar-refractivity contribution < 1.29 is 9.90 Å². The van der Waals surface area contributed by atoms with Crippen LogP contribution < -0.4 is 10.6 Å². The van der Waals surface area contributed by atoms with Gasteiger partial charge in [-0.05, 0) is 37.0 Å². The highest BCUT2D eigenvalue weighted by Gasteiger charge is 2.15. The number of aliphatic hydroxyl groups excluding tert-OH is 1. The van der Waals surface area contributed by atoms with Gasteiger partial charge in [0.1, 0.15) is 0 Å². The molecule has 2 atom stereocenters. The van der Waals surface area contributed by atoms with Gasteiger partial charge in [0.15, 0.2) is 0 Å². The fourth-order valence-corrected chi connectivity index (χ4v) is 2.62. The number of hydrogen-bond donors (Lipinski definition) is 3. The fourth-order valence-electron chi connectivity index (χ4n) is 2.62. The summed E-state index contributed by atoms with van der Waals surface area (Å²) >= 11 is 0. The van der Waals surface area contributed by atoms with Gasteiger partial charge in [-0.15, -0.1) is 0 Å². The monoisotopic (exact) mass is 327 g/mol. The van der Waals surface area contributed by atoms with Crippen molar-refractivity contribution in [2.45, 2.75) is 31.8 Å². The molecule has 0 radical (unpaired) electrons. The molecule has 128 valence electrons. The maximum Gasteiger partial charge on any atom is 0.314 e. The molecule has 5 nitrogen and oxygen atoms in total. The van der Waals surface area contributed by atoms with Gasteiger partial charge in [-0.25, -0.2) is 4.79 Å². The number of aliphatic hydroxyl groups is 1. The number of nitrogens with zero attached hydrogens (tertiary/aromatic N) is 1. The van der Waals surface area contributed by atoms with Crippen molar-refractivity contribution in [1.29, 1.82) is 0 Å². The molecule has 2 amide bonds. The molecule has 1 aromatic carbocycles.